The molecule has 0 heterocycles. The van der Waals surface area contributed by atoms with E-state index in [2.05, 4.69) is 58.9 Å². The summed E-state index contributed by atoms with van der Waals surface area (Å²) in [5, 5.41) is 9.49. The number of carboxylic acid groups (broad SMARTS) is 1. The van der Waals surface area contributed by atoms with Gasteiger partial charge in [0.1, 0.15) is 0 Å². The Hall–Kier alpha value is -2.09. The van der Waals surface area contributed by atoms with Gasteiger partial charge in [-0.3, -0.25) is 0 Å². The number of carboxylic acids is 1. The Morgan fingerprint density at radius 3 is 2.10 bits per heavy atom. The summed E-state index contributed by atoms with van der Waals surface area (Å²) in [6, 6.07) is 4.98. The van der Waals surface area contributed by atoms with Crippen LogP contribution in [0.3, 0.4) is 0 Å². The van der Waals surface area contributed by atoms with Gasteiger partial charge < -0.3 is 5.11 Å². The van der Waals surface area contributed by atoms with E-state index in [1.807, 2.05) is 0 Å². The Bertz CT molecular complexity index is 998. The zero-order chi connectivity index (χ0) is 22.4. The zero-order valence-corrected chi connectivity index (χ0v) is 20.0. The highest BCUT2D eigenvalue weighted by atomic mass is 16.4. The van der Waals surface area contributed by atoms with Crippen LogP contribution in [-0.2, 0) is 15.6 Å². The van der Waals surface area contributed by atoms with Crippen molar-refractivity contribution >= 4 is 11.5 Å². The summed E-state index contributed by atoms with van der Waals surface area (Å²) < 4.78 is 0. The minimum Gasteiger partial charge on any atom is -0.478 e. The van der Waals surface area contributed by atoms with Crippen LogP contribution in [0.1, 0.15) is 108 Å². The van der Waals surface area contributed by atoms with E-state index in [9.17, 15) is 9.90 Å². The molecule has 0 aliphatic heterocycles. The molecule has 0 saturated carbocycles. The van der Waals surface area contributed by atoms with Crippen LogP contribution in [0.15, 0.2) is 41.0 Å². The Labute approximate surface area is 188 Å². The summed E-state index contributed by atoms with van der Waals surface area (Å²) in [6.45, 7) is 11.9. The van der Waals surface area contributed by atoms with Gasteiger partial charge in [0, 0.05) is 5.57 Å². The van der Waals surface area contributed by atoms with Gasteiger partial charge in [0.15, 0.2) is 0 Å². The minimum absolute atomic E-state index is 0.212. The lowest BCUT2D eigenvalue weighted by Gasteiger charge is -2.42. The maximum atomic E-state index is 11.5. The monoisotopic (exact) mass is 418 g/mol. The Balaban J connectivity index is 1.80. The Kier molecular flexibility index (Phi) is 5.79. The third-order valence-electron chi connectivity index (χ3n) is 8.04. The van der Waals surface area contributed by atoms with E-state index < -0.39 is 5.97 Å². The maximum absolute atomic E-state index is 11.5. The number of aliphatic carboxylic acids is 1. The largest absolute Gasteiger partial charge is 0.478 e. The third-order valence-corrected chi connectivity index (χ3v) is 8.04. The van der Waals surface area contributed by atoms with Crippen molar-refractivity contribution in [2.45, 2.75) is 103 Å². The summed E-state index contributed by atoms with van der Waals surface area (Å²) in [6.07, 6.45) is 14.0. The topological polar surface area (TPSA) is 37.3 Å². The lowest BCUT2D eigenvalue weighted by Crippen LogP contribution is -2.34. The van der Waals surface area contributed by atoms with Gasteiger partial charge in [0.05, 0.1) is 0 Å². The first-order valence-corrected chi connectivity index (χ1v) is 12.1. The van der Waals surface area contributed by atoms with Crippen LogP contribution in [0.4, 0.5) is 0 Å². The summed E-state index contributed by atoms with van der Waals surface area (Å²) in [4.78, 5) is 11.5. The van der Waals surface area contributed by atoms with Crippen molar-refractivity contribution in [3.8, 4) is 0 Å². The van der Waals surface area contributed by atoms with Crippen molar-refractivity contribution in [3.05, 3.63) is 63.3 Å². The van der Waals surface area contributed by atoms with Gasteiger partial charge >= 0.3 is 5.97 Å². The second kappa shape index (κ2) is 8.11. The van der Waals surface area contributed by atoms with E-state index >= 15 is 0 Å². The van der Waals surface area contributed by atoms with Gasteiger partial charge in [-0.15, -0.1) is 0 Å². The number of rotatable bonds is 4. The molecule has 0 saturated heterocycles. The molecule has 4 rings (SSSR count). The van der Waals surface area contributed by atoms with Crippen LogP contribution in [0.2, 0.25) is 0 Å². The van der Waals surface area contributed by atoms with Crippen LogP contribution >= 0.6 is 0 Å². The number of hydrogen-bond acceptors (Lipinski definition) is 1. The molecule has 0 aromatic heterocycles. The second-order valence-electron chi connectivity index (χ2n) is 11.2. The van der Waals surface area contributed by atoms with Crippen LogP contribution in [-0.4, -0.2) is 11.1 Å². The molecule has 2 nitrogen and oxygen atoms in total. The number of hydrogen-bond donors (Lipinski definition) is 1. The highest BCUT2D eigenvalue weighted by Gasteiger charge is 2.37. The molecule has 2 heteroatoms. The van der Waals surface area contributed by atoms with Gasteiger partial charge in [0.2, 0.25) is 0 Å². The molecule has 0 unspecified atom stereocenters. The normalized spacial score (nSPS) is 22.9. The molecule has 1 aromatic rings. The van der Waals surface area contributed by atoms with E-state index in [4.69, 9.17) is 0 Å². The van der Waals surface area contributed by atoms with Crippen LogP contribution in [0.25, 0.3) is 5.57 Å². The van der Waals surface area contributed by atoms with Crippen molar-refractivity contribution in [1.29, 1.82) is 0 Å². The molecule has 3 aliphatic carbocycles. The maximum Gasteiger partial charge on any atom is 0.331 e. The summed E-state index contributed by atoms with van der Waals surface area (Å²) in [7, 11) is 0. The fourth-order valence-electron chi connectivity index (χ4n) is 5.86. The van der Waals surface area contributed by atoms with E-state index in [-0.39, 0.29) is 10.8 Å². The molecular formula is C29H38O2. The van der Waals surface area contributed by atoms with E-state index in [0.29, 0.717) is 12.0 Å². The summed E-state index contributed by atoms with van der Waals surface area (Å²) in [5.74, 6) is -0.745. The SMILES string of the molecule is Cc1cc2c(cc1C1=C(/C=C/C3=C(C(=O)O)CCC3)CCCC1)C(C)(C)CCC2(C)C. The van der Waals surface area contributed by atoms with Crippen LogP contribution in [0, 0.1) is 6.92 Å². The van der Waals surface area contributed by atoms with Crippen molar-refractivity contribution in [2.75, 3.05) is 0 Å². The number of benzene rings is 1. The van der Waals surface area contributed by atoms with Gasteiger partial charge in [-0.25, -0.2) is 4.79 Å². The van der Waals surface area contributed by atoms with Crippen molar-refractivity contribution in [3.63, 3.8) is 0 Å². The molecule has 166 valence electrons. The minimum atomic E-state index is -0.745. The van der Waals surface area contributed by atoms with Crippen LogP contribution in [0.5, 0.6) is 0 Å². The molecule has 0 amide bonds. The lowest BCUT2D eigenvalue weighted by atomic mass is 9.62. The number of allylic oxidation sites excluding steroid dienone is 5. The standard InChI is InChI=1S/C29H38O2/c1-19-17-25-26(29(4,5)16-15-28(25,2)3)18-24(19)22-11-7-6-9-20(22)13-14-21-10-8-12-23(21)27(30)31/h13-14,17-18H,6-12,15-16H2,1-5H3,(H,30,31)/b14-13+. The van der Waals surface area contributed by atoms with Crippen LogP contribution < -0.4 is 0 Å². The zero-order valence-electron chi connectivity index (χ0n) is 20.0. The third kappa shape index (κ3) is 4.19. The summed E-state index contributed by atoms with van der Waals surface area (Å²) in [5.41, 5.74) is 10.8. The molecule has 31 heavy (non-hydrogen) atoms. The van der Waals surface area contributed by atoms with E-state index in [1.165, 1.54) is 59.1 Å². The molecule has 3 aliphatic rings. The predicted octanol–water partition coefficient (Wildman–Crippen LogP) is 7.79. The average molecular weight is 419 g/mol. The van der Waals surface area contributed by atoms with Crippen molar-refractivity contribution < 1.29 is 9.90 Å². The number of carbonyl (C=O) groups is 1. The first-order chi connectivity index (χ1) is 14.6. The molecule has 1 N–H and O–H groups in total. The van der Waals surface area contributed by atoms with Gasteiger partial charge in [-0.2, -0.15) is 0 Å². The molecule has 0 fully saturated rings. The van der Waals surface area contributed by atoms with Gasteiger partial charge in [0.25, 0.3) is 0 Å². The first-order valence-electron chi connectivity index (χ1n) is 12.1. The van der Waals surface area contributed by atoms with Gasteiger partial charge in [-0.05, 0) is 115 Å². The van der Waals surface area contributed by atoms with Gasteiger partial charge in [-0.1, -0.05) is 52.0 Å². The van der Waals surface area contributed by atoms with Crippen molar-refractivity contribution in [1.82, 2.24) is 0 Å². The smallest absolute Gasteiger partial charge is 0.331 e. The fourth-order valence-corrected chi connectivity index (χ4v) is 5.86. The molecular weight excluding hydrogens is 380 g/mol. The molecule has 0 bridgehead atoms. The molecule has 1 aromatic carbocycles. The number of aryl methyl sites for hydroxylation is 1. The summed E-state index contributed by atoms with van der Waals surface area (Å²) >= 11 is 0. The molecule has 0 atom stereocenters. The van der Waals surface area contributed by atoms with E-state index in [1.54, 1.807) is 0 Å². The van der Waals surface area contributed by atoms with E-state index in [0.717, 1.165) is 31.3 Å². The molecule has 0 radical (unpaired) electrons. The second-order valence-corrected chi connectivity index (χ2v) is 11.2. The Morgan fingerprint density at radius 2 is 1.42 bits per heavy atom. The highest BCUT2D eigenvalue weighted by Crippen LogP contribution is 2.48. The molecule has 0 spiro atoms. The lowest BCUT2D eigenvalue weighted by molar-refractivity contribution is -0.132. The highest BCUT2D eigenvalue weighted by molar-refractivity contribution is 5.89. The Morgan fingerprint density at radius 1 is 0.839 bits per heavy atom. The van der Waals surface area contributed by atoms with Crippen molar-refractivity contribution in [2.24, 2.45) is 0 Å². The fraction of sp³-hybridized carbons (Fsp3) is 0.552. The predicted molar refractivity (Wildman–Crippen MR) is 130 cm³/mol. The number of fused-ring (bicyclic) bond motifs is 1. The quantitative estimate of drug-likeness (QED) is 0.542. The average Bonchev–Trinajstić information content (AvgIpc) is 3.19. The first kappa shape index (κ1) is 22.1.